The van der Waals surface area contributed by atoms with Crippen LogP contribution in [0.4, 0.5) is 17.1 Å². The molecule has 1 saturated heterocycles. The number of methoxy groups -OCH3 is 2. The molecule has 0 bridgehead atoms. The molecule has 1 aliphatic rings. The SMILES string of the molecule is COc1ccc(NC(C)=O)cc1NC(=O)C1CC(=O)N(c2ccccc2OC)C1. The summed E-state index contributed by atoms with van der Waals surface area (Å²) in [5, 5.41) is 5.48. The highest BCUT2D eigenvalue weighted by Gasteiger charge is 2.36. The summed E-state index contributed by atoms with van der Waals surface area (Å²) in [5.41, 5.74) is 1.60. The average Bonchev–Trinajstić information content (AvgIpc) is 3.09. The predicted molar refractivity (Wildman–Crippen MR) is 109 cm³/mol. The molecular formula is C21H23N3O5. The lowest BCUT2D eigenvalue weighted by molar-refractivity contribution is -0.122. The molecule has 152 valence electrons. The second-order valence-corrected chi connectivity index (χ2v) is 6.66. The number of carbonyl (C=O) groups is 3. The first-order chi connectivity index (χ1) is 13.9. The summed E-state index contributed by atoms with van der Waals surface area (Å²) in [4.78, 5) is 38.2. The fourth-order valence-corrected chi connectivity index (χ4v) is 3.29. The highest BCUT2D eigenvalue weighted by molar-refractivity contribution is 6.04. The third kappa shape index (κ3) is 4.48. The summed E-state index contributed by atoms with van der Waals surface area (Å²) in [6.45, 7) is 1.65. The number of para-hydroxylation sites is 2. The van der Waals surface area contributed by atoms with Gasteiger partial charge in [-0.25, -0.2) is 0 Å². The van der Waals surface area contributed by atoms with Gasteiger partial charge in [0, 0.05) is 25.6 Å². The standard InChI is InChI=1S/C21H23N3O5/c1-13(25)22-15-8-9-18(28-2)16(11-15)23-21(27)14-10-20(26)24(12-14)17-6-4-5-7-19(17)29-3/h4-9,11,14H,10,12H2,1-3H3,(H,22,25)(H,23,27). The second-order valence-electron chi connectivity index (χ2n) is 6.66. The summed E-state index contributed by atoms with van der Waals surface area (Å²) in [6, 6.07) is 12.1. The Labute approximate surface area is 168 Å². The van der Waals surface area contributed by atoms with E-state index >= 15 is 0 Å². The maximum atomic E-state index is 12.8. The van der Waals surface area contributed by atoms with Crippen molar-refractivity contribution < 1.29 is 23.9 Å². The van der Waals surface area contributed by atoms with Crippen LogP contribution in [0.2, 0.25) is 0 Å². The van der Waals surface area contributed by atoms with E-state index in [-0.39, 0.29) is 30.7 Å². The van der Waals surface area contributed by atoms with Crippen molar-refractivity contribution in [1.29, 1.82) is 0 Å². The Balaban J connectivity index is 1.76. The Morgan fingerprint density at radius 2 is 1.76 bits per heavy atom. The molecule has 1 fully saturated rings. The van der Waals surface area contributed by atoms with Crippen molar-refractivity contribution in [2.24, 2.45) is 5.92 Å². The fourth-order valence-electron chi connectivity index (χ4n) is 3.29. The van der Waals surface area contributed by atoms with Crippen molar-refractivity contribution in [3.05, 3.63) is 42.5 Å². The average molecular weight is 397 g/mol. The third-order valence-electron chi connectivity index (χ3n) is 4.65. The first-order valence-corrected chi connectivity index (χ1v) is 9.12. The van der Waals surface area contributed by atoms with Crippen molar-refractivity contribution in [2.45, 2.75) is 13.3 Å². The zero-order chi connectivity index (χ0) is 21.0. The van der Waals surface area contributed by atoms with Crippen molar-refractivity contribution in [3.63, 3.8) is 0 Å². The van der Waals surface area contributed by atoms with Gasteiger partial charge in [-0.2, -0.15) is 0 Å². The molecule has 0 saturated carbocycles. The normalized spacial score (nSPS) is 15.8. The van der Waals surface area contributed by atoms with Crippen molar-refractivity contribution in [1.82, 2.24) is 0 Å². The minimum atomic E-state index is -0.526. The first-order valence-electron chi connectivity index (χ1n) is 9.12. The minimum absolute atomic E-state index is 0.0948. The van der Waals surface area contributed by atoms with E-state index in [2.05, 4.69) is 10.6 Å². The molecule has 2 aromatic rings. The molecule has 1 atom stereocenters. The van der Waals surface area contributed by atoms with Gasteiger partial charge in [0.15, 0.2) is 0 Å². The van der Waals surface area contributed by atoms with E-state index in [9.17, 15) is 14.4 Å². The highest BCUT2D eigenvalue weighted by Crippen LogP contribution is 2.34. The Morgan fingerprint density at radius 3 is 2.45 bits per heavy atom. The number of amides is 3. The molecule has 8 nitrogen and oxygen atoms in total. The van der Waals surface area contributed by atoms with Gasteiger partial charge in [0.05, 0.1) is 31.5 Å². The number of nitrogens with one attached hydrogen (secondary N) is 2. The van der Waals surface area contributed by atoms with Crippen molar-refractivity contribution in [2.75, 3.05) is 36.3 Å². The van der Waals surface area contributed by atoms with Gasteiger partial charge in [0.25, 0.3) is 0 Å². The fraction of sp³-hybridized carbons (Fsp3) is 0.286. The number of anilines is 3. The lowest BCUT2D eigenvalue weighted by Crippen LogP contribution is -2.28. The van der Waals surface area contributed by atoms with Crippen LogP contribution in [0.1, 0.15) is 13.3 Å². The Bertz CT molecular complexity index is 944. The minimum Gasteiger partial charge on any atom is -0.495 e. The van der Waals surface area contributed by atoms with Crippen LogP contribution < -0.4 is 25.0 Å². The monoisotopic (exact) mass is 397 g/mol. The largest absolute Gasteiger partial charge is 0.495 e. The first kappa shape index (κ1) is 20.2. The maximum Gasteiger partial charge on any atom is 0.229 e. The van der Waals surface area contributed by atoms with Gasteiger partial charge in [-0.3, -0.25) is 14.4 Å². The summed E-state index contributed by atoms with van der Waals surface area (Å²) in [7, 11) is 3.03. The Morgan fingerprint density at radius 1 is 1.03 bits per heavy atom. The predicted octanol–water partition coefficient (Wildman–Crippen LogP) is 2.65. The van der Waals surface area contributed by atoms with Crippen LogP contribution in [0.3, 0.4) is 0 Å². The van der Waals surface area contributed by atoms with Crippen LogP contribution in [0, 0.1) is 5.92 Å². The molecule has 1 aliphatic heterocycles. The Hall–Kier alpha value is -3.55. The molecule has 0 aromatic heterocycles. The van der Waals surface area contributed by atoms with Gasteiger partial charge in [0.2, 0.25) is 17.7 Å². The number of hydrogen-bond donors (Lipinski definition) is 2. The number of hydrogen-bond acceptors (Lipinski definition) is 5. The molecule has 1 heterocycles. The summed E-state index contributed by atoms with van der Waals surface area (Å²) < 4.78 is 10.6. The van der Waals surface area contributed by atoms with Gasteiger partial charge in [0.1, 0.15) is 11.5 Å². The van der Waals surface area contributed by atoms with Gasteiger partial charge in [-0.15, -0.1) is 0 Å². The van der Waals surface area contributed by atoms with E-state index < -0.39 is 5.92 Å². The molecule has 1 unspecified atom stereocenters. The second kappa shape index (κ2) is 8.64. The third-order valence-corrected chi connectivity index (χ3v) is 4.65. The van der Waals surface area contributed by atoms with Crippen LogP contribution >= 0.6 is 0 Å². The quantitative estimate of drug-likeness (QED) is 0.781. The van der Waals surface area contributed by atoms with Crippen LogP contribution in [0.15, 0.2) is 42.5 Å². The number of rotatable bonds is 6. The van der Waals surface area contributed by atoms with E-state index in [0.29, 0.717) is 28.6 Å². The molecule has 0 aliphatic carbocycles. The lowest BCUT2D eigenvalue weighted by atomic mass is 10.1. The van der Waals surface area contributed by atoms with Gasteiger partial charge in [-0.05, 0) is 30.3 Å². The summed E-state index contributed by atoms with van der Waals surface area (Å²) >= 11 is 0. The van der Waals surface area contributed by atoms with Gasteiger partial charge in [-0.1, -0.05) is 12.1 Å². The number of carbonyl (C=O) groups excluding carboxylic acids is 3. The summed E-state index contributed by atoms with van der Waals surface area (Å²) in [6.07, 6.45) is 0.0948. The van der Waals surface area contributed by atoms with E-state index in [1.807, 2.05) is 12.1 Å². The molecule has 3 amide bonds. The number of nitrogens with zero attached hydrogens (tertiary/aromatic N) is 1. The zero-order valence-electron chi connectivity index (χ0n) is 16.5. The zero-order valence-corrected chi connectivity index (χ0v) is 16.5. The molecule has 2 aromatic carbocycles. The van der Waals surface area contributed by atoms with Gasteiger partial charge >= 0.3 is 0 Å². The molecule has 0 radical (unpaired) electrons. The van der Waals surface area contributed by atoms with E-state index in [1.54, 1.807) is 35.2 Å². The lowest BCUT2D eigenvalue weighted by Gasteiger charge is -2.19. The molecule has 2 N–H and O–H groups in total. The van der Waals surface area contributed by atoms with E-state index in [0.717, 1.165) is 0 Å². The molecule has 8 heteroatoms. The van der Waals surface area contributed by atoms with Crippen LogP contribution in [0.5, 0.6) is 11.5 Å². The smallest absolute Gasteiger partial charge is 0.229 e. The number of benzene rings is 2. The summed E-state index contributed by atoms with van der Waals surface area (Å²) in [5.74, 6) is -0.157. The Kier molecular flexibility index (Phi) is 6.01. The maximum absolute atomic E-state index is 12.8. The van der Waals surface area contributed by atoms with Crippen LogP contribution in [-0.4, -0.2) is 38.5 Å². The van der Waals surface area contributed by atoms with Crippen LogP contribution in [0.25, 0.3) is 0 Å². The van der Waals surface area contributed by atoms with Gasteiger partial charge < -0.3 is 25.0 Å². The number of ether oxygens (including phenoxy) is 2. The molecular weight excluding hydrogens is 374 g/mol. The molecule has 0 spiro atoms. The molecule has 3 rings (SSSR count). The van der Waals surface area contributed by atoms with Crippen molar-refractivity contribution >= 4 is 34.8 Å². The van der Waals surface area contributed by atoms with E-state index in [1.165, 1.54) is 21.1 Å². The van der Waals surface area contributed by atoms with Crippen molar-refractivity contribution in [3.8, 4) is 11.5 Å². The molecule has 29 heavy (non-hydrogen) atoms. The highest BCUT2D eigenvalue weighted by atomic mass is 16.5. The van der Waals surface area contributed by atoms with Crippen LogP contribution in [-0.2, 0) is 14.4 Å². The topological polar surface area (TPSA) is 97.0 Å². The van der Waals surface area contributed by atoms with E-state index in [4.69, 9.17) is 9.47 Å².